The molecule has 8 nitrogen and oxygen atoms in total. The van der Waals surface area contributed by atoms with E-state index in [2.05, 4.69) is 39.3 Å². The number of aromatic nitrogens is 6. The van der Waals surface area contributed by atoms with Crippen LogP contribution in [0.25, 0.3) is 11.0 Å². The zero-order chi connectivity index (χ0) is 17.6. The summed E-state index contributed by atoms with van der Waals surface area (Å²) in [4.78, 5) is 8.67. The van der Waals surface area contributed by atoms with Gasteiger partial charge in [0.05, 0.1) is 23.4 Å². The van der Waals surface area contributed by atoms with Crippen molar-refractivity contribution in [3.63, 3.8) is 0 Å². The molecule has 1 fully saturated rings. The predicted octanol–water partition coefficient (Wildman–Crippen LogP) is 1.90. The SMILES string of the molecule is Cc1nn(C)c(C)c1[C@H]1OCC[C@@H]1CNc1ncnc2c1cnn2C. The average Bonchev–Trinajstić information content (AvgIpc) is 3.26. The first-order valence-electron chi connectivity index (χ1n) is 8.54. The van der Waals surface area contributed by atoms with E-state index in [1.54, 1.807) is 17.2 Å². The van der Waals surface area contributed by atoms with Crippen LogP contribution in [0.3, 0.4) is 0 Å². The maximum absolute atomic E-state index is 6.06. The lowest BCUT2D eigenvalue weighted by atomic mass is 9.94. The topological polar surface area (TPSA) is 82.7 Å². The highest BCUT2D eigenvalue weighted by Crippen LogP contribution is 2.37. The van der Waals surface area contributed by atoms with Crippen LogP contribution < -0.4 is 5.32 Å². The lowest BCUT2D eigenvalue weighted by Crippen LogP contribution is -2.19. The highest BCUT2D eigenvalue weighted by Gasteiger charge is 2.33. The van der Waals surface area contributed by atoms with Gasteiger partial charge in [-0.15, -0.1) is 0 Å². The zero-order valence-electron chi connectivity index (χ0n) is 15.0. The number of ether oxygens (including phenoxy) is 1. The second-order valence-corrected chi connectivity index (χ2v) is 6.66. The smallest absolute Gasteiger partial charge is 0.163 e. The zero-order valence-corrected chi connectivity index (χ0v) is 15.0. The first-order chi connectivity index (χ1) is 12.1. The molecule has 0 spiro atoms. The van der Waals surface area contributed by atoms with Crippen molar-refractivity contribution in [1.82, 2.24) is 29.5 Å². The van der Waals surface area contributed by atoms with Crippen molar-refractivity contribution >= 4 is 16.9 Å². The largest absolute Gasteiger partial charge is 0.373 e. The van der Waals surface area contributed by atoms with Crippen molar-refractivity contribution in [1.29, 1.82) is 0 Å². The number of aryl methyl sites for hydroxylation is 3. The molecule has 0 aliphatic carbocycles. The fraction of sp³-hybridized carbons (Fsp3) is 0.529. The molecule has 3 aromatic heterocycles. The molecule has 1 saturated heterocycles. The molecule has 132 valence electrons. The Morgan fingerprint density at radius 2 is 2.08 bits per heavy atom. The van der Waals surface area contributed by atoms with E-state index < -0.39 is 0 Å². The first-order valence-corrected chi connectivity index (χ1v) is 8.54. The number of hydrogen-bond donors (Lipinski definition) is 1. The Bertz CT molecular complexity index is 913. The minimum atomic E-state index is 0.0763. The molecule has 4 heterocycles. The van der Waals surface area contributed by atoms with E-state index in [1.165, 1.54) is 11.3 Å². The van der Waals surface area contributed by atoms with E-state index in [4.69, 9.17) is 4.74 Å². The van der Waals surface area contributed by atoms with Gasteiger partial charge in [-0.1, -0.05) is 0 Å². The molecule has 2 atom stereocenters. The van der Waals surface area contributed by atoms with Crippen LogP contribution in [0.5, 0.6) is 0 Å². The van der Waals surface area contributed by atoms with Crippen LogP contribution in [0.2, 0.25) is 0 Å². The summed E-state index contributed by atoms with van der Waals surface area (Å²) in [7, 11) is 3.86. The fourth-order valence-electron chi connectivity index (χ4n) is 3.69. The van der Waals surface area contributed by atoms with Crippen LogP contribution in [0.15, 0.2) is 12.5 Å². The van der Waals surface area contributed by atoms with Crippen molar-refractivity contribution in [3.05, 3.63) is 29.5 Å². The van der Waals surface area contributed by atoms with Gasteiger partial charge in [0.1, 0.15) is 12.1 Å². The summed E-state index contributed by atoms with van der Waals surface area (Å²) in [5, 5.41) is 13.2. The minimum absolute atomic E-state index is 0.0763. The lowest BCUT2D eigenvalue weighted by Gasteiger charge is -2.20. The van der Waals surface area contributed by atoms with E-state index in [-0.39, 0.29) is 6.10 Å². The van der Waals surface area contributed by atoms with Gasteiger partial charge in [-0.25, -0.2) is 9.97 Å². The van der Waals surface area contributed by atoms with Gasteiger partial charge in [0.15, 0.2) is 5.65 Å². The number of anilines is 1. The molecule has 0 amide bonds. The molecule has 1 aliphatic heterocycles. The molecule has 0 aromatic carbocycles. The van der Waals surface area contributed by atoms with Crippen LogP contribution in [-0.4, -0.2) is 42.7 Å². The van der Waals surface area contributed by atoms with Gasteiger partial charge >= 0.3 is 0 Å². The highest BCUT2D eigenvalue weighted by atomic mass is 16.5. The molecule has 3 aromatic rings. The van der Waals surface area contributed by atoms with Crippen LogP contribution in [0.1, 0.15) is 29.5 Å². The summed E-state index contributed by atoms with van der Waals surface area (Å²) in [6.07, 6.45) is 4.47. The van der Waals surface area contributed by atoms with Gasteiger partial charge in [0, 0.05) is 44.4 Å². The van der Waals surface area contributed by atoms with Crippen LogP contribution in [0.4, 0.5) is 5.82 Å². The van der Waals surface area contributed by atoms with E-state index in [1.807, 2.05) is 18.8 Å². The summed E-state index contributed by atoms with van der Waals surface area (Å²) in [5.41, 5.74) is 4.27. The van der Waals surface area contributed by atoms with E-state index in [0.717, 1.165) is 42.1 Å². The standard InChI is InChI=1S/C17H23N7O/c1-10-14(11(2)23(3)22-10)15-12(5-6-25-15)7-18-16-13-8-21-24(4)17(13)20-9-19-16/h8-9,12,15H,5-7H2,1-4H3,(H,18,19,20)/t12-,15+/m1/s1. The van der Waals surface area contributed by atoms with Gasteiger partial charge in [-0.3, -0.25) is 9.36 Å². The molecule has 0 unspecified atom stereocenters. The molecule has 4 rings (SSSR count). The Morgan fingerprint density at radius 3 is 2.84 bits per heavy atom. The molecule has 0 radical (unpaired) electrons. The first kappa shape index (κ1) is 16.0. The quantitative estimate of drug-likeness (QED) is 0.780. The van der Waals surface area contributed by atoms with Crippen molar-refractivity contribution < 1.29 is 4.74 Å². The predicted molar refractivity (Wildman–Crippen MR) is 94.3 cm³/mol. The van der Waals surface area contributed by atoms with Crippen molar-refractivity contribution in [2.45, 2.75) is 26.4 Å². The van der Waals surface area contributed by atoms with Gasteiger partial charge in [-0.05, 0) is 20.3 Å². The Hall–Kier alpha value is -2.48. The van der Waals surface area contributed by atoms with E-state index >= 15 is 0 Å². The molecular weight excluding hydrogens is 318 g/mol. The third-order valence-electron chi connectivity index (χ3n) is 5.12. The van der Waals surface area contributed by atoms with Gasteiger partial charge in [0.2, 0.25) is 0 Å². The summed E-state index contributed by atoms with van der Waals surface area (Å²) in [5.74, 6) is 1.20. The normalized spacial score (nSPS) is 20.5. The number of nitrogens with one attached hydrogen (secondary N) is 1. The summed E-state index contributed by atoms with van der Waals surface area (Å²) in [6.45, 7) is 5.72. The third-order valence-corrected chi connectivity index (χ3v) is 5.12. The lowest BCUT2D eigenvalue weighted by molar-refractivity contribution is 0.0922. The minimum Gasteiger partial charge on any atom is -0.373 e. The number of nitrogens with zero attached hydrogens (tertiary/aromatic N) is 6. The third kappa shape index (κ3) is 2.66. The Morgan fingerprint density at radius 1 is 1.24 bits per heavy atom. The number of hydrogen-bond acceptors (Lipinski definition) is 6. The van der Waals surface area contributed by atoms with Gasteiger partial charge in [0.25, 0.3) is 0 Å². The number of rotatable bonds is 4. The fourth-order valence-corrected chi connectivity index (χ4v) is 3.69. The molecule has 1 aliphatic rings. The van der Waals surface area contributed by atoms with Crippen molar-refractivity contribution in [2.75, 3.05) is 18.5 Å². The van der Waals surface area contributed by atoms with Crippen molar-refractivity contribution in [2.24, 2.45) is 20.0 Å². The molecule has 25 heavy (non-hydrogen) atoms. The van der Waals surface area contributed by atoms with Crippen molar-refractivity contribution in [3.8, 4) is 0 Å². The number of fused-ring (bicyclic) bond motifs is 1. The van der Waals surface area contributed by atoms with Gasteiger partial charge < -0.3 is 10.1 Å². The molecule has 0 bridgehead atoms. The maximum atomic E-state index is 6.06. The molecule has 8 heteroatoms. The van der Waals surface area contributed by atoms with Crippen LogP contribution >= 0.6 is 0 Å². The summed E-state index contributed by atoms with van der Waals surface area (Å²) < 4.78 is 9.75. The average molecular weight is 341 g/mol. The van der Waals surface area contributed by atoms with Crippen LogP contribution in [-0.2, 0) is 18.8 Å². The summed E-state index contributed by atoms with van der Waals surface area (Å²) in [6, 6.07) is 0. The van der Waals surface area contributed by atoms with Gasteiger partial charge in [-0.2, -0.15) is 10.2 Å². The second-order valence-electron chi connectivity index (χ2n) is 6.66. The maximum Gasteiger partial charge on any atom is 0.163 e. The highest BCUT2D eigenvalue weighted by molar-refractivity contribution is 5.85. The molecular formula is C17H23N7O. The van der Waals surface area contributed by atoms with E-state index in [9.17, 15) is 0 Å². The molecule has 0 saturated carbocycles. The van der Waals surface area contributed by atoms with E-state index in [0.29, 0.717) is 5.92 Å². The van der Waals surface area contributed by atoms with Crippen LogP contribution in [0, 0.1) is 19.8 Å². The summed E-state index contributed by atoms with van der Waals surface area (Å²) >= 11 is 0. The second kappa shape index (κ2) is 6.11. The molecule has 1 N–H and O–H groups in total. The Balaban J connectivity index is 1.55. The monoisotopic (exact) mass is 341 g/mol. The Kier molecular flexibility index (Phi) is 3.91. The Labute approximate surface area is 146 Å².